The first-order chi connectivity index (χ1) is 10.5. The molecule has 5 heteroatoms. The number of para-hydroxylation sites is 1. The summed E-state index contributed by atoms with van der Waals surface area (Å²) >= 11 is 0. The van der Waals surface area contributed by atoms with Gasteiger partial charge in [-0.1, -0.05) is 12.1 Å². The van der Waals surface area contributed by atoms with Crippen molar-refractivity contribution in [3.63, 3.8) is 0 Å². The van der Waals surface area contributed by atoms with Crippen LogP contribution < -0.4 is 19.7 Å². The first-order valence-corrected chi connectivity index (χ1v) is 6.95. The predicted molar refractivity (Wildman–Crippen MR) is 86.1 cm³/mol. The van der Waals surface area contributed by atoms with E-state index in [0.717, 1.165) is 17.0 Å². The normalized spacial score (nSPS) is 11.0. The largest absolute Gasteiger partial charge is 0.498 e. The van der Waals surface area contributed by atoms with Gasteiger partial charge in [0.05, 0.1) is 28.3 Å². The van der Waals surface area contributed by atoms with Crippen LogP contribution in [0.2, 0.25) is 0 Å². The number of hydrogen-bond acceptors (Lipinski definition) is 3. The lowest BCUT2D eigenvalue weighted by Crippen LogP contribution is -2.53. The van der Waals surface area contributed by atoms with Crippen LogP contribution in [0.1, 0.15) is 17.0 Å². The van der Waals surface area contributed by atoms with E-state index in [2.05, 4.69) is 0 Å². The summed E-state index contributed by atoms with van der Waals surface area (Å²) in [7, 11) is 6.73. The van der Waals surface area contributed by atoms with Crippen molar-refractivity contribution in [3.8, 4) is 11.5 Å². The Morgan fingerprint density at radius 2 is 1.91 bits per heavy atom. The van der Waals surface area contributed by atoms with Crippen molar-refractivity contribution < 1.29 is 14.0 Å². The van der Waals surface area contributed by atoms with Crippen molar-refractivity contribution in [2.24, 2.45) is 14.1 Å². The minimum absolute atomic E-state index is 0.0581. The van der Waals surface area contributed by atoms with E-state index in [1.807, 2.05) is 43.3 Å². The molecule has 0 fully saturated rings. The van der Waals surface area contributed by atoms with E-state index in [9.17, 15) is 4.79 Å². The second kappa shape index (κ2) is 6.47. The highest BCUT2D eigenvalue weighted by Gasteiger charge is 2.12. The molecule has 0 spiro atoms. The first kappa shape index (κ1) is 15.8. The van der Waals surface area contributed by atoms with E-state index in [1.54, 1.807) is 37.4 Å². The number of aryl methyl sites for hydroxylation is 1. The van der Waals surface area contributed by atoms with Crippen molar-refractivity contribution in [2.75, 3.05) is 14.2 Å². The van der Waals surface area contributed by atoms with Gasteiger partial charge in [-0.05, 0) is 25.1 Å². The minimum Gasteiger partial charge on any atom is -0.493 e. The van der Waals surface area contributed by atoms with Crippen LogP contribution in [-0.4, -0.2) is 18.8 Å². The minimum atomic E-state index is -0.0581. The lowest BCUT2D eigenvalue weighted by atomic mass is 10.1. The number of ether oxygens (including phenoxy) is 2. The Morgan fingerprint density at radius 1 is 1.18 bits per heavy atom. The standard InChI is InChI=1S/C17H21N2O3/c1-12-11-14(19(3)17(20)18(12)2)10-9-13-7-6-8-15(21-4)16(13)22-5/h6-11H,1-5H3/q+1. The molecule has 0 bridgehead atoms. The highest BCUT2D eigenvalue weighted by atomic mass is 16.5. The number of rotatable bonds is 4. The molecule has 1 heterocycles. The average molecular weight is 301 g/mol. The summed E-state index contributed by atoms with van der Waals surface area (Å²) < 4.78 is 13.9. The van der Waals surface area contributed by atoms with Crippen LogP contribution >= 0.6 is 0 Å². The first-order valence-electron chi connectivity index (χ1n) is 6.95. The lowest BCUT2D eigenvalue weighted by Gasteiger charge is -2.09. The molecule has 0 aliphatic carbocycles. The van der Waals surface area contributed by atoms with E-state index in [-0.39, 0.29) is 5.69 Å². The van der Waals surface area contributed by atoms with Gasteiger partial charge in [0.15, 0.2) is 11.5 Å². The van der Waals surface area contributed by atoms with Crippen LogP contribution in [0.3, 0.4) is 0 Å². The third-order valence-electron chi connectivity index (χ3n) is 3.71. The molecule has 0 saturated carbocycles. The van der Waals surface area contributed by atoms with Gasteiger partial charge < -0.3 is 9.47 Å². The molecule has 1 aromatic carbocycles. The Balaban J connectivity index is 2.48. The van der Waals surface area contributed by atoms with E-state index in [4.69, 9.17) is 9.47 Å². The van der Waals surface area contributed by atoms with Gasteiger partial charge in [-0.25, -0.2) is 0 Å². The van der Waals surface area contributed by atoms with Gasteiger partial charge in [-0.3, -0.25) is 0 Å². The van der Waals surface area contributed by atoms with Crippen molar-refractivity contribution in [1.82, 2.24) is 4.57 Å². The van der Waals surface area contributed by atoms with Crippen LogP contribution in [0.4, 0.5) is 0 Å². The second-order valence-corrected chi connectivity index (χ2v) is 5.03. The monoisotopic (exact) mass is 301 g/mol. The van der Waals surface area contributed by atoms with E-state index in [0.29, 0.717) is 11.5 Å². The van der Waals surface area contributed by atoms with E-state index in [1.165, 1.54) is 0 Å². The molecule has 116 valence electrons. The van der Waals surface area contributed by atoms with Crippen molar-refractivity contribution in [3.05, 3.63) is 51.7 Å². The molecule has 0 aliphatic rings. The highest BCUT2D eigenvalue weighted by molar-refractivity contribution is 5.72. The molecule has 22 heavy (non-hydrogen) atoms. The molecule has 2 aromatic rings. The van der Waals surface area contributed by atoms with Crippen molar-refractivity contribution in [1.29, 1.82) is 0 Å². The van der Waals surface area contributed by atoms with Gasteiger partial charge in [-0.2, -0.15) is 13.9 Å². The van der Waals surface area contributed by atoms with Crippen LogP contribution in [0.5, 0.6) is 11.5 Å². The molecule has 2 rings (SSSR count). The number of aromatic nitrogens is 2. The van der Waals surface area contributed by atoms with Crippen LogP contribution in [-0.2, 0) is 14.1 Å². The summed E-state index contributed by atoms with van der Waals surface area (Å²) in [6.45, 7) is 1.91. The number of hydrogen-bond donors (Lipinski definition) is 0. The fourth-order valence-corrected chi connectivity index (χ4v) is 2.27. The van der Waals surface area contributed by atoms with Gasteiger partial charge in [0.1, 0.15) is 11.4 Å². The fraction of sp³-hybridized carbons (Fsp3) is 0.294. The lowest BCUT2D eigenvalue weighted by molar-refractivity contribution is -0.692. The topological polar surface area (TPSA) is 44.3 Å². The van der Waals surface area contributed by atoms with Crippen LogP contribution in [0.25, 0.3) is 12.2 Å². The molecule has 5 nitrogen and oxygen atoms in total. The summed E-state index contributed by atoms with van der Waals surface area (Å²) in [4.78, 5) is 12.1. The third-order valence-corrected chi connectivity index (χ3v) is 3.71. The average Bonchev–Trinajstić information content (AvgIpc) is 2.54. The summed E-state index contributed by atoms with van der Waals surface area (Å²) in [5.74, 6) is 1.35. The quantitative estimate of drug-likeness (QED) is 0.808. The Bertz CT molecular complexity index is 776. The molecule has 0 N–H and O–H groups in total. The van der Waals surface area contributed by atoms with Crippen molar-refractivity contribution in [2.45, 2.75) is 6.92 Å². The number of nitrogens with zero attached hydrogens (tertiary/aromatic N) is 2. The predicted octanol–water partition coefficient (Wildman–Crippen LogP) is 1.71. The smallest absolute Gasteiger partial charge is 0.493 e. The SMILES string of the molecule is COc1cccc(C=Cc2cc(C)n(C)c(=O)[n+]2C)c1OC. The zero-order chi connectivity index (χ0) is 16.3. The Labute approximate surface area is 130 Å². The summed E-state index contributed by atoms with van der Waals surface area (Å²) in [5.41, 5.74) is 2.56. The van der Waals surface area contributed by atoms with Gasteiger partial charge in [0.2, 0.25) is 0 Å². The van der Waals surface area contributed by atoms with Crippen molar-refractivity contribution >= 4 is 12.2 Å². The van der Waals surface area contributed by atoms with Gasteiger partial charge in [0.25, 0.3) is 0 Å². The van der Waals surface area contributed by atoms with Gasteiger partial charge in [0, 0.05) is 11.6 Å². The molecular formula is C17H21N2O3+. The van der Waals surface area contributed by atoms with Crippen LogP contribution in [0, 0.1) is 6.92 Å². The summed E-state index contributed by atoms with van der Waals surface area (Å²) in [5, 5.41) is 0. The maximum Gasteiger partial charge on any atom is 0.498 e. The van der Waals surface area contributed by atoms with Gasteiger partial charge in [-0.15, -0.1) is 0 Å². The second-order valence-electron chi connectivity index (χ2n) is 5.03. The highest BCUT2D eigenvalue weighted by Crippen LogP contribution is 2.31. The number of benzene rings is 1. The molecule has 0 atom stereocenters. The van der Waals surface area contributed by atoms with Crippen LogP contribution in [0.15, 0.2) is 29.1 Å². The molecule has 0 amide bonds. The Kier molecular flexibility index (Phi) is 4.65. The third kappa shape index (κ3) is 2.88. The molecule has 0 unspecified atom stereocenters. The fourth-order valence-electron chi connectivity index (χ4n) is 2.27. The van der Waals surface area contributed by atoms with E-state index >= 15 is 0 Å². The maximum atomic E-state index is 12.1. The Morgan fingerprint density at radius 3 is 2.55 bits per heavy atom. The maximum absolute atomic E-state index is 12.1. The molecule has 1 aromatic heterocycles. The molecule has 0 aliphatic heterocycles. The molecule has 0 radical (unpaired) electrons. The molecular weight excluding hydrogens is 280 g/mol. The zero-order valence-corrected chi connectivity index (χ0v) is 13.6. The summed E-state index contributed by atoms with van der Waals surface area (Å²) in [6, 6.07) is 7.64. The summed E-state index contributed by atoms with van der Waals surface area (Å²) in [6.07, 6.45) is 3.81. The zero-order valence-electron chi connectivity index (χ0n) is 13.6. The molecule has 0 saturated heterocycles. The van der Waals surface area contributed by atoms with E-state index < -0.39 is 0 Å². The van der Waals surface area contributed by atoms with Gasteiger partial charge >= 0.3 is 5.69 Å². The Hall–Kier alpha value is -2.56. The number of methoxy groups -OCH3 is 2.